The average Bonchev–Trinajstić information content (AvgIpc) is 3.48. The monoisotopic (exact) mass is 1110 g/mol. The van der Waals surface area contributed by atoms with Crippen molar-refractivity contribution in [3.63, 3.8) is 0 Å². The molecular weight excluding hydrogens is 991 g/mol. The first-order valence-corrected chi connectivity index (χ1v) is 32.6. The van der Waals surface area contributed by atoms with E-state index >= 15 is 0 Å². The fourth-order valence-electron chi connectivity index (χ4n) is 10.9. The maximum Gasteiger partial charge on any atom is 0.220 e. The van der Waals surface area contributed by atoms with E-state index in [-0.39, 0.29) is 18.9 Å². The zero-order valence-electron chi connectivity index (χ0n) is 49.7. The topological polar surface area (TPSA) is 228 Å². The van der Waals surface area contributed by atoms with Crippen LogP contribution >= 0.6 is 0 Å². The first-order chi connectivity index (χ1) is 38.1. The van der Waals surface area contributed by atoms with Gasteiger partial charge in [0.2, 0.25) is 5.91 Å². The zero-order valence-corrected chi connectivity index (χ0v) is 49.7. The van der Waals surface area contributed by atoms with Crippen LogP contribution in [0.2, 0.25) is 0 Å². The first kappa shape index (κ1) is 72.6. The Hall–Kier alpha value is -1.53. The molecule has 0 aliphatic carbocycles. The van der Waals surface area contributed by atoms with Gasteiger partial charge in [0.25, 0.3) is 0 Å². The van der Waals surface area contributed by atoms with Crippen LogP contribution in [0.25, 0.3) is 0 Å². The molecule has 2 saturated heterocycles. The van der Waals surface area contributed by atoms with Crippen LogP contribution in [-0.4, -0.2) is 140 Å². The van der Waals surface area contributed by atoms with E-state index in [1.54, 1.807) is 0 Å². The molecule has 2 aliphatic rings. The number of unbranched alkanes of at least 4 members (excludes halogenated alkanes) is 36. The molecule has 0 radical (unpaired) electrons. The molecule has 2 rings (SSSR count). The third kappa shape index (κ3) is 34.8. The summed E-state index contributed by atoms with van der Waals surface area (Å²) < 4.78 is 22.9. The number of rotatable bonds is 53. The van der Waals surface area contributed by atoms with E-state index in [1.165, 1.54) is 180 Å². The number of carbonyl (C=O) groups is 1. The van der Waals surface area contributed by atoms with Gasteiger partial charge < -0.3 is 65.1 Å². The summed E-state index contributed by atoms with van der Waals surface area (Å²) in [5.74, 6) is -0.217. The number of nitrogens with one attached hydrogen (secondary N) is 1. The Kier molecular flexibility index (Phi) is 46.5. The summed E-state index contributed by atoms with van der Waals surface area (Å²) in [6.07, 6.45) is 43.4. The average molecular weight is 1110 g/mol. The fraction of sp³-hybridized carbons (Fsp3) is 0.922. The number of carbonyl (C=O) groups excluding carboxylic acids is 1. The number of aliphatic hydroxyl groups is 8. The number of allylic oxidation sites excluding steroid dienone is 4. The van der Waals surface area contributed by atoms with Gasteiger partial charge >= 0.3 is 0 Å². The Morgan fingerprint density at radius 3 is 1.31 bits per heavy atom. The number of amides is 1. The van der Waals surface area contributed by atoms with E-state index in [0.29, 0.717) is 12.8 Å². The lowest BCUT2D eigenvalue weighted by atomic mass is 9.97. The molecule has 0 aromatic carbocycles. The van der Waals surface area contributed by atoms with Gasteiger partial charge in [-0.1, -0.05) is 256 Å². The summed E-state index contributed by atoms with van der Waals surface area (Å²) in [6.45, 7) is 2.85. The van der Waals surface area contributed by atoms with Crippen molar-refractivity contribution in [3.8, 4) is 0 Å². The van der Waals surface area contributed by atoms with Crippen molar-refractivity contribution in [1.82, 2.24) is 5.32 Å². The summed E-state index contributed by atoms with van der Waals surface area (Å²) in [6, 6.07) is -0.835. The SMILES string of the molecule is CCCCC/C=C\C/C=C\CCCCCCCC(=O)NC(COC1OC(CO)C(OC2OC(CO)C(O)C(O)C2O)C(O)C1O)C(O)CCCCCCCCCCCCCCCCCCCCCCCCCCCCCCC. The van der Waals surface area contributed by atoms with Crippen molar-refractivity contribution in [3.05, 3.63) is 24.3 Å². The third-order valence-electron chi connectivity index (χ3n) is 16.2. The van der Waals surface area contributed by atoms with Crippen molar-refractivity contribution < 1.29 is 64.6 Å². The van der Waals surface area contributed by atoms with E-state index in [1.807, 2.05) is 0 Å². The highest BCUT2D eigenvalue weighted by atomic mass is 16.7. The molecule has 0 bridgehead atoms. The first-order valence-electron chi connectivity index (χ1n) is 32.6. The molecule has 14 heteroatoms. The minimum atomic E-state index is -1.78. The molecule has 0 aromatic heterocycles. The Morgan fingerprint density at radius 1 is 0.462 bits per heavy atom. The molecule has 9 N–H and O–H groups in total. The quantitative estimate of drug-likeness (QED) is 0.0204. The van der Waals surface area contributed by atoms with Crippen LogP contribution in [0.1, 0.15) is 284 Å². The highest BCUT2D eigenvalue weighted by molar-refractivity contribution is 5.76. The number of ether oxygens (including phenoxy) is 4. The lowest BCUT2D eigenvalue weighted by Crippen LogP contribution is -2.65. The highest BCUT2D eigenvalue weighted by Gasteiger charge is 2.51. The van der Waals surface area contributed by atoms with Crippen LogP contribution < -0.4 is 5.32 Å². The lowest BCUT2D eigenvalue weighted by Gasteiger charge is -2.46. The smallest absolute Gasteiger partial charge is 0.220 e. The summed E-state index contributed by atoms with van der Waals surface area (Å²) in [5.41, 5.74) is 0. The van der Waals surface area contributed by atoms with E-state index in [0.717, 1.165) is 70.6 Å². The van der Waals surface area contributed by atoms with Gasteiger partial charge in [-0.05, 0) is 44.9 Å². The third-order valence-corrected chi connectivity index (χ3v) is 16.2. The summed E-state index contributed by atoms with van der Waals surface area (Å²) in [7, 11) is 0. The number of hydrogen-bond donors (Lipinski definition) is 9. The maximum absolute atomic E-state index is 13.3. The molecule has 460 valence electrons. The molecule has 1 amide bonds. The molecule has 0 spiro atoms. The lowest BCUT2D eigenvalue weighted by molar-refractivity contribution is -0.359. The van der Waals surface area contributed by atoms with Gasteiger partial charge in [-0.25, -0.2) is 0 Å². The Labute approximate surface area is 475 Å². The molecule has 12 atom stereocenters. The second-order valence-corrected chi connectivity index (χ2v) is 23.2. The van der Waals surface area contributed by atoms with Crippen molar-refractivity contribution in [2.75, 3.05) is 19.8 Å². The van der Waals surface area contributed by atoms with Gasteiger partial charge in [-0.2, -0.15) is 0 Å². The summed E-state index contributed by atoms with van der Waals surface area (Å²) in [4.78, 5) is 13.3. The van der Waals surface area contributed by atoms with E-state index in [4.69, 9.17) is 18.9 Å². The molecule has 14 nitrogen and oxygen atoms in total. The van der Waals surface area contributed by atoms with Crippen LogP contribution in [0.15, 0.2) is 24.3 Å². The molecule has 2 fully saturated rings. The van der Waals surface area contributed by atoms with Crippen molar-refractivity contribution in [2.24, 2.45) is 0 Å². The van der Waals surface area contributed by atoms with Gasteiger partial charge in [0.1, 0.15) is 48.8 Å². The summed E-state index contributed by atoms with van der Waals surface area (Å²) >= 11 is 0. The molecular formula is C64H121NO13. The summed E-state index contributed by atoms with van der Waals surface area (Å²) in [5, 5.41) is 87.4. The van der Waals surface area contributed by atoms with E-state index in [2.05, 4.69) is 43.5 Å². The van der Waals surface area contributed by atoms with Crippen LogP contribution in [-0.2, 0) is 23.7 Å². The molecule has 2 heterocycles. The minimum Gasteiger partial charge on any atom is -0.394 e. The largest absolute Gasteiger partial charge is 0.394 e. The number of hydrogen-bond acceptors (Lipinski definition) is 13. The van der Waals surface area contributed by atoms with Gasteiger partial charge in [0.15, 0.2) is 12.6 Å². The normalized spacial score (nSPS) is 24.6. The predicted molar refractivity (Wildman–Crippen MR) is 314 cm³/mol. The second kappa shape index (κ2) is 50.0. The molecule has 2 aliphatic heterocycles. The maximum atomic E-state index is 13.3. The van der Waals surface area contributed by atoms with Gasteiger partial charge in [0.05, 0.1) is 32.0 Å². The van der Waals surface area contributed by atoms with Gasteiger partial charge in [-0.3, -0.25) is 4.79 Å². The number of aliphatic hydroxyl groups excluding tert-OH is 8. The highest BCUT2D eigenvalue weighted by Crippen LogP contribution is 2.30. The fourth-order valence-corrected chi connectivity index (χ4v) is 10.9. The standard InChI is InChI=1S/C64H121NO13/c1-3-5-7-9-11-13-15-17-19-20-21-22-23-24-25-26-27-28-29-30-31-32-34-35-37-39-41-43-45-47-53(68)52(65-56(69)48-46-44-42-40-38-36-33-18-16-14-12-10-8-6-4-2)51-75-63-61(74)59(72)62(55(50-67)77-63)78-64-60(73)58(71)57(70)54(49-66)76-64/h12,14,18,33,52-55,57-64,66-68,70-74H,3-11,13,15-17,19-32,34-51H2,1-2H3,(H,65,69)/b14-12-,33-18-. The van der Waals surface area contributed by atoms with E-state index < -0.39 is 86.8 Å². The Morgan fingerprint density at radius 2 is 0.846 bits per heavy atom. The zero-order chi connectivity index (χ0) is 56.7. The second-order valence-electron chi connectivity index (χ2n) is 23.2. The van der Waals surface area contributed by atoms with Crippen molar-refractivity contribution in [2.45, 2.75) is 357 Å². The van der Waals surface area contributed by atoms with Crippen LogP contribution in [0.4, 0.5) is 0 Å². The van der Waals surface area contributed by atoms with Crippen LogP contribution in [0, 0.1) is 0 Å². The van der Waals surface area contributed by atoms with Gasteiger partial charge in [0, 0.05) is 6.42 Å². The van der Waals surface area contributed by atoms with E-state index in [9.17, 15) is 45.6 Å². The molecule has 0 aromatic rings. The van der Waals surface area contributed by atoms with Crippen LogP contribution in [0.5, 0.6) is 0 Å². The van der Waals surface area contributed by atoms with Gasteiger partial charge in [-0.15, -0.1) is 0 Å². The van der Waals surface area contributed by atoms with Crippen molar-refractivity contribution >= 4 is 5.91 Å². The van der Waals surface area contributed by atoms with Crippen molar-refractivity contribution in [1.29, 1.82) is 0 Å². The Balaban J connectivity index is 1.67. The minimum absolute atomic E-state index is 0.217. The predicted octanol–water partition coefficient (Wildman–Crippen LogP) is 12.0. The molecule has 0 saturated carbocycles. The molecule has 12 unspecified atom stereocenters. The Bertz CT molecular complexity index is 1400. The van der Waals surface area contributed by atoms with Crippen LogP contribution in [0.3, 0.4) is 0 Å². The molecule has 78 heavy (non-hydrogen) atoms.